The van der Waals surface area contributed by atoms with Crippen LogP contribution in [0, 0.1) is 0 Å². The monoisotopic (exact) mass is 478 g/mol. The van der Waals surface area contributed by atoms with E-state index in [0.717, 1.165) is 0 Å². The number of thiophene rings is 2. The van der Waals surface area contributed by atoms with E-state index in [1.165, 1.54) is 64.2 Å². The summed E-state index contributed by atoms with van der Waals surface area (Å²) in [6.45, 7) is 19.8. The fraction of sp³-hybridized carbons (Fsp3) is 0.692. The van der Waals surface area contributed by atoms with Gasteiger partial charge in [0, 0.05) is 9.75 Å². The van der Waals surface area contributed by atoms with Crippen molar-refractivity contribution in [3.8, 4) is 9.75 Å². The van der Waals surface area contributed by atoms with Crippen LogP contribution in [0.4, 0.5) is 0 Å². The SMILES string of the molecule is CCCCCCc1cc(-c2cc(CCCCCC)c([Si](C)(C)C)s2)sc1[Si](C)(C)C. The molecule has 0 amide bonds. The zero-order valence-electron chi connectivity index (χ0n) is 21.0. The van der Waals surface area contributed by atoms with Crippen LogP contribution in [0.3, 0.4) is 0 Å². The summed E-state index contributed by atoms with van der Waals surface area (Å²) < 4.78 is 3.50. The average Bonchev–Trinajstić information content (AvgIpc) is 3.26. The molecule has 0 aliphatic carbocycles. The second kappa shape index (κ2) is 11.6. The van der Waals surface area contributed by atoms with Gasteiger partial charge < -0.3 is 0 Å². The van der Waals surface area contributed by atoms with E-state index in [1.54, 1.807) is 29.9 Å². The number of hydrogen-bond acceptors (Lipinski definition) is 2. The Morgan fingerprint density at radius 1 is 0.567 bits per heavy atom. The molecule has 0 radical (unpaired) electrons. The van der Waals surface area contributed by atoms with Crippen LogP contribution in [0.5, 0.6) is 0 Å². The first-order chi connectivity index (χ1) is 14.1. The van der Waals surface area contributed by atoms with Gasteiger partial charge in [0.15, 0.2) is 0 Å². The van der Waals surface area contributed by atoms with Crippen molar-refractivity contribution >= 4 is 47.8 Å². The fourth-order valence-electron chi connectivity index (χ4n) is 4.23. The topological polar surface area (TPSA) is 0 Å². The number of aryl methyl sites for hydroxylation is 2. The van der Waals surface area contributed by atoms with Crippen molar-refractivity contribution < 1.29 is 0 Å². The van der Waals surface area contributed by atoms with Crippen molar-refractivity contribution in [2.75, 3.05) is 0 Å². The van der Waals surface area contributed by atoms with Gasteiger partial charge in [0.2, 0.25) is 0 Å². The third kappa shape index (κ3) is 7.46. The molecule has 2 aromatic heterocycles. The van der Waals surface area contributed by atoms with Gasteiger partial charge in [0.05, 0.1) is 16.1 Å². The van der Waals surface area contributed by atoms with Crippen LogP contribution in [0.25, 0.3) is 9.75 Å². The molecule has 0 saturated heterocycles. The van der Waals surface area contributed by atoms with Gasteiger partial charge in [-0.05, 0) is 57.9 Å². The summed E-state index contributed by atoms with van der Waals surface area (Å²) in [5.41, 5.74) is 3.36. The number of hydrogen-bond donors (Lipinski definition) is 0. The van der Waals surface area contributed by atoms with E-state index in [0.29, 0.717) is 0 Å². The summed E-state index contributed by atoms with van der Waals surface area (Å²) in [5, 5.41) is 0. The van der Waals surface area contributed by atoms with Crippen molar-refractivity contribution in [1.29, 1.82) is 0 Å². The molecule has 0 aliphatic rings. The van der Waals surface area contributed by atoms with Crippen LogP contribution >= 0.6 is 22.7 Å². The Balaban J connectivity index is 2.32. The molecule has 0 atom stereocenters. The van der Waals surface area contributed by atoms with E-state index in [2.05, 4.69) is 87.9 Å². The van der Waals surface area contributed by atoms with E-state index >= 15 is 0 Å². The van der Waals surface area contributed by atoms with Crippen molar-refractivity contribution in [2.45, 2.75) is 117 Å². The molecule has 30 heavy (non-hydrogen) atoms. The van der Waals surface area contributed by atoms with Gasteiger partial charge in [-0.3, -0.25) is 0 Å². The Morgan fingerprint density at radius 2 is 0.933 bits per heavy atom. The third-order valence-electron chi connectivity index (χ3n) is 5.82. The lowest BCUT2D eigenvalue weighted by atomic mass is 10.1. The molecule has 0 fully saturated rings. The minimum Gasteiger partial charge on any atom is -0.144 e. The maximum Gasteiger partial charge on any atom is 0.0907 e. The molecule has 0 nitrogen and oxygen atoms in total. The second-order valence-electron chi connectivity index (χ2n) is 11.1. The zero-order valence-corrected chi connectivity index (χ0v) is 24.7. The molecule has 0 unspecified atom stereocenters. The van der Waals surface area contributed by atoms with E-state index in [-0.39, 0.29) is 0 Å². The van der Waals surface area contributed by atoms with Crippen LogP contribution in [0.1, 0.15) is 76.3 Å². The molecule has 0 N–H and O–H groups in total. The Bertz CT molecular complexity index is 706. The van der Waals surface area contributed by atoms with Gasteiger partial charge in [-0.15, -0.1) is 22.7 Å². The Labute approximate surface area is 197 Å². The predicted octanol–water partition coefficient (Wildman–Crippen LogP) is 8.81. The largest absolute Gasteiger partial charge is 0.144 e. The molecule has 0 saturated carbocycles. The van der Waals surface area contributed by atoms with Gasteiger partial charge in [-0.1, -0.05) is 91.7 Å². The lowest BCUT2D eigenvalue weighted by molar-refractivity contribution is 0.668. The number of rotatable bonds is 13. The number of unbranched alkanes of at least 4 members (excludes halogenated alkanes) is 6. The first-order valence-corrected chi connectivity index (χ1v) is 21.0. The molecule has 2 rings (SSSR count). The highest BCUT2D eigenvalue weighted by Crippen LogP contribution is 2.34. The van der Waals surface area contributed by atoms with Crippen LogP contribution in [0.15, 0.2) is 12.1 Å². The predicted molar refractivity (Wildman–Crippen MR) is 149 cm³/mol. The van der Waals surface area contributed by atoms with Crippen molar-refractivity contribution in [1.82, 2.24) is 0 Å². The Hall–Kier alpha value is -0.166. The quantitative estimate of drug-likeness (QED) is 0.199. The summed E-state index contributed by atoms with van der Waals surface area (Å²) in [7, 11) is -2.60. The lowest BCUT2D eigenvalue weighted by Crippen LogP contribution is -2.37. The first kappa shape index (κ1) is 26.1. The van der Waals surface area contributed by atoms with E-state index in [9.17, 15) is 0 Å². The summed E-state index contributed by atoms with van der Waals surface area (Å²) in [5.74, 6) is 0. The normalized spacial score (nSPS) is 12.7. The van der Waals surface area contributed by atoms with E-state index in [4.69, 9.17) is 0 Å². The molecular weight excluding hydrogens is 433 g/mol. The van der Waals surface area contributed by atoms with Gasteiger partial charge in [-0.25, -0.2) is 0 Å². The van der Waals surface area contributed by atoms with Crippen LogP contribution in [-0.2, 0) is 12.8 Å². The molecule has 0 aromatic carbocycles. The van der Waals surface area contributed by atoms with E-state index in [1.807, 2.05) is 0 Å². The minimum atomic E-state index is -1.30. The van der Waals surface area contributed by atoms with Gasteiger partial charge in [0.25, 0.3) is 0 Å². The molecule has 2 heterocycles. The van der Waals surface area contributed by atoms with Crippen LogP contribution in [0.2, 0.25) is 39.3 Å². The Morgan fingerprint density at radius 3 is 1.23 bits per heavy atom. The highest BCUT2D eigenvalue weighted by atomic mass is 32.1. The first-order valence-electron chi connectivity index (χ1n) is 12.3. The van der Waals surface area contributed by atoms with Crippen molar-refractivity contribution in [3.63, 3.8) is 0 Å². The molecule has 4 heteroatoms. The van der Waals surface area contributed by atoms with Crippen LogP contribution in [-0.4, -0.2) is 16.1 Å². The average molecular weight is 479 g/mol. The lowest BCUT2D eigenvalue weighted by Gasteiger charge is -2.16. The summed E-state index contributed by atoms with van der Waals surface area (Å²) in [4.78, 5) is 3.12. The summed E-state index contributed by atoms with van der Waals surface area (Å²) in [6, 6.07) is 5.18. The van der Waals surface area contributed by atoms with Crippen molar-refractivity contribution in [3.05, 3.63) is 23.3 Å². The maximum atomic E-state index is 2.59. The van der Waals surface area contributed by atoms with Gasteiger partial charge in [0.1, 0.15) is 0 Å². The van der Waals surface area contributed by atoms with Crippen molar-refractivity contribution in [2.24, 2.45) is 0 Å². The summed E-state index contributed by atoms with van der Waals surface area (Å²) in [6.07, 6.45) is 13.5. The molecule has 0 spiro atoms. The molecule has 0 aliphatic heterocycles. The fourth-order valence-corrected chi connectivity index (χ4v) is 11.7. The van der Waals surface area contributed by atoms with Crippen LogP contribution < -0.4 is 9.00 Å². The maximum absolute atomic E-state index is 2.59. The van der Waals surface area contributed by atoms with Gasteiger partial charge in [-0.2, -0.15) is 0 Å². The minimum absolute atomic E-state index is 1.28. The van der Waals surface area contributed by atoms with E-state index < -0.39 is 16.1 Å². The molecule has 170 valence electrons. The summed E-state index contributed by atoms with van der Waals surface area (Å²) >= 11 is 4.27. The zero-order chi connectivity index (χ0) is 22.4. The molecular formula is C26H46S2Si2. The Kier molecular flexibility index (Phi) is 10.1. The third-order valence-corrected chi connectivity index (χ3v) is 15.7. The molecule has 0 bridgehead atoms. The van der Waals surface area contributed by atoms with Gasteiger partial charge >= 0.3 is 0 Å². The standard InChI is InChI=1S/C26H46S2Si2/c1-9-11-13-15-17-21-19-23(27-25(21)29(3,4)5)24-20-22(18-16-14-12-10-2)26(28-24)30(6,7)8/h19-20H,9-18H2,1-8H3. The second-order valence-corrected chi connectivity index (χ2v) is 23.9. The highest BCUT2D eigenvalue weighted by Gasteiger charge is 2.27. The smallest absolute Gasteiger partial charge is 0.0907 e. The highest BCUT2D eigenvalue weighted by molar-refractivity contribution is 7.34. The molecule has 2 aromatic rings.